The number of sulfone groups is 1. The third-order valence-corrected chi connectivity index (χ3v) is 6.62. The largest absolute Gasteiger partial charge is 0.497 e. The quantitative estimate of drug-likeness (QED) is 0.778. The van der Waals surface area contributed by atoms with Crippen LogP contribution in [-0.4, -0.2) is 50.0 Å². The highest BCUT2D eigenvalue weighted by Gasteiger charge is 2.40. The molecule has 0 aliphatic carbocycles. The molecule has 1 aliphatic heterocycles. The van der Waals surface area contributed by atoms with Gasteiger partial charge in [-0.3, -0.25) is 9.69 Å². The van der Waals surface area contributed by atoms with Gasteiger partial charge in [-0.1, -0.05) is 11.6 Å². The van der Waals surface area contributed by atoms with E-state index < -0.39 is 27.1 Å². The summed E-state index contributed by atoms with van der Waals surface area (Å²) >= 11 is 0. The molecule has 1 fully saturated rings. The summed E-state index contributed by atoms with van der Waals surface area (Å²) in [5.74, 6) is -0.995. The summed E-state index contributed by atoms with van der Waals surface area (Å²) in [4.78, 5) is 13.4. The number of carboxylic acids is 1. The molecule has 2 rings (SSSR count). The Morgan fingerprint density at radius 2 is 1.96 bits per heavy atom. The Kier molecular flexibility index (Phi) is 6.24. The highest BCUT2D eigenvalue weighted by Crippen LogP contribution is 2.31. The summed E-state index contributed by atoms with van der Waals surface area (Å²) in [6, 6.07) is 6.23. The fourth-order valence-electron chi connectivity index (χ4n) is 2.95. The monoisotopic (exact) mass is 367 g/mol. The zero-order valence-electron chi connectivity index (χ0n) is 14.8. The van der Waals surface area contributed by atoms with Crippen molar-refractivity contribution in [2.24, 2.45) is 5.92 Å². The van der Waals surface area contributed by atoms with E-state index in [-0.39, 0.29) is 11.3 Å². The lowest BCUT2D eigenvalue weighted by Crippen LogP contribution is -2.48. The second-order valence-electron chi connectivity index (χ2n) is 6.51. The number of carbonyl (C=O) groups is 1. The minimum Gasteiger partial charge on any atom is -0.497 e. The Balaban J connectivity index is 2.34. The molecule has 1 aliphatic rings. The zero-order chi connectivity index (χ0) is 18.6. The first kappa shape index (κ1) is 19.5. The van der Waals surface area contributed by atoms with Gasteiger partial charge in [0.15, 0.2) is 9.84 Å². The van der Waals surface area contributed by atoms with Crippen LogP contribution in [0.1, 0.15) is 26.7 Å². The van der Waals surface area contributed by atoms with Crippen LogP contribution in [0.4, 0.5) is 0 Å². The van der Waals surface area contributed by atoms with Crippen LogP contribution < -0.4 is 4.74 Å². The van der Waals surface area contributed by atoms with E-state index in [0.717, 1.165) is 5.57 Å². The first-order chi connectivity index (χ1) is 11.8. The predicted octanol–water partition coefficient (Wildman–Crippen LogP) is 2.56. The van der Waals surface area contributed by atoms with Crippen LogP contribution in [0.15, 0.2) is 40.8 Å². The maximum Gasteiger partial charge on any atom is 0.306 e. The molecule has 2 atom stereocenters. The average Bonchev–Trinajstić information content (AvgIpc) is 2.59. The number of methoxy groups -OCH3 is 1. The van der Waals surface area contributed by atoms with Crippen LogP contribution in [0, 0.1) is 5.92 Å². The van der Waals surface area contributed by atoms with Gasteiger partial charge in [-0.15, -0.1) is 0 Å². The summed E-state index contributed by atoms with van der Waals surface area (Å²) in [5, 5.41) is 8.48. The second-order valence-corrected chi connectivity index (χ2v) is 8.62. The zero-order valence-corrected chi connectivity index (χ0v) is 15.6. The molecule has 2 unspecified atom stereocenters. The number of likely N-dealkylation sites (tertiary alicyclic amines) is 1. The molecule has 0 saturated carbocycles. The highest BCUT2D eigenvalue weighted by molar-refractivity contribution is 7.92. The van der Waals surface area contributed by atoms with Crippen LogP contribution in [0.2, 0.25) is 0 Å². The summed E-state index contributed by atoms with van der Waals surface area (Å²) in [7, 11) is -2.16. The molecule has 1 aromatic rings. The summed E-state index contributed by atoms with van der Waals surface area (Å²) in [6.45, 7) is 4.85. The first-order valence-corrected chi connectivity index (χ1v) is 9.78. The fraction of sp³-hybridized carbons (Fsp3) is 0.500. The average molecular weight is 367 g/mol. The van der Waals surface area contributed by atoms with Crippen molar-refractivity contribution in [3.63, 3.8) is 0 Å². The van der Waals surface area contributed by atoms with Crippen molar-refractivity contribution in [1.29, 1.82) is 0 Å². The number of nitrogens with zero attached hydrogens (tertiary/aromatic N) is 1. The second kappa shape index (κ2) is 8.01. The summed E-state index contributed by atoms with van der Waals surface area (Å²) in [6.07, 6.45) is 2.53. The number of hydrogen-bond donors (Lipinski definition) is 1. The van der Waals surface area contributed by atoms with Crippen molar-refractivity contribution in [1.82, 2.24) is 4.90 Å². The molecule has 1 heterocycles. The molecule has 0 spiro atoms. The third-order valence-electron chi connectivity index (χ3n) is 4.49. The lowest BCUT2D eigenvalue weighted by molar-refractivity contribution is -0.143. The molecule has 25 heavy (non-hydrogen) atoms. The van der Waals surface area contributed by atoms with Gasteiger partial charge in [0.1, 0.15) is 11.1 Å². The van der Waals surface area contributed by atoms with E-state index in [1.165, 1.54) is 19.2 Å². The van der Waals surface area contributed by atoms with Gasteiger partial charge in [-0.25, -0.2) is 8.42 Å². The predicted molar refractivity (Wildman–Crippen MR) is 95.3 cm³/mol. The van der Waals surface area contributed by atoms with Crippen LogP contribution in [0.3, 0.4) is 0 Å². The molecule has 0 amide bonds. The number of ether oxygens (including phenoxy) is 1. The van der Waals surface area contributed by atoms with E-state index in [1.807, 2.05) is 24.8 Å². The van der Waals surface area contributed by atoms with E-state index in [9.17, 15) is 18.3 Å². The van der Waals surface area contributed by atoms with Crippen molar-refractivity contribution < 1.29 is 23.1 Å². The maximum absolute atomic E-state index is 13.1. The maximum atomic E-state index is 13.1. The highest BCUT2D eigenvalue weighted by atomic mass is 32.2. The van der Waals surface area contributed by atoms with E-state index in [2.05, 4.69) is 0 Å². The molecule has 7 heteroatoms. The number of carboxylic acid groups (broad SMARTS) is 1. The molecule has 138 valence electrons. The number of aliphatic carboxylic acids is 1. The number of piperidine rings is 1. The van der Waals surface area contributed by atoms with Crippen LogP contribution in [0.5, 0.6) is 5.75 Å². The standard InChI is InChI=1S/C18H25NO5S/c1-13(2)8-10-19-11-9-14(18(20)21)12-17(19)25(22,23)16-6-4-15(24-3)5-7-16/h4-8,14,17H,9-12H2,1-3H3,(H,20,21). The summed E-state index contributed by atoms with van der Waals surface area (Å²) in [5.41, 5.74) is 1.10. The molecule has 0 bridgehead atoms. The molecule has 0 aromatic heterocycles. The number of hydrogen-bond acceptors (Lipinski definition) is 5. The van der Waals surface area contributed by atoms with Gasteiger partial charge in [-0.05, 0) is 51.0 Å². The Morgan fingerprint density at radius 1 is 1.32 bits per heavy atom. The smallest absolute Gasteiger partial charge is 0.306 e. The van der Waals surface area contributed by atoms with Crippen molar-refractivity contribution in [2.45, 2.75) is 37.0 Å². The molecular formula is C18H25NO5S. The lowest BCUT2D eigenvalue weighted by atomic mass is 9.97. The summed E-state index contributed by atoms with van der Waals surface area (Å²) < 4.78 is 31.3. The van der Waals surface area contributed by atoms with E-state index in [4.69, 9.17) is 4.74 Å². The van der Waals surface area contributed by atoms with Crippen molar-refractivity contribution in [2.75, 3.05) is 20.2 Å². The van der Waals surface area contributed by atoms with Gasteiger partial charge < -0.3 is 9.84 Å². The number of rotatable bonds is 6. The van der Waals surface area contributed by atoms with Gasteiger partial charge >= 0.3 is 5.97 Å². The van der Waals surface area contributed by atoms with Crippen LogP contribution in [0.25, 0.3) is 0 Å². The van der Waals surface area contributed by atoms with E-state index in [1.54, 1.807) is 12.1 Å². The Hall–Kier alpha value is -1.86. The van der Waals surface area contributed by atoms with Gasteiger partial charge in [0, 0.05) is 13.1 Å². The number of allylic oxidation sites excluding steroid dienone is 1. The van der Waals surface area contributed by atoms with Crippen LogP contribution >= 0.6 is 0 Å². The molecule has 1 N–H and O–H groups in total. The van der Waals surface area contributed by atoms with Crippen molar-refractivity contribution in [3.8, 4) is 5.75 Å². The molecule has 6 nitrogen and oxygen atoms in total. The van der Waals surface area contributed by atoms with E-state index >= 15 is 0 Å². The van der Waals surface area contributed by atoms with Crippen molar-refractivity contribution >= 4 is 15.8 Å². The van der Waals surface area contributed by atoms with Gasteiger partial charge in [0.25, 0.3) is 0 Å². The minimum absolute atomic E-state index is 0.0975. The number of benzene rings is 1. The molecule has 1 aromatic carbocycles. The lowest BCUT2D eigenvalue weighted by Gasteiger charge is -2.37. The SMILES string of the molecule is COc1ccc(S(=O)(=O)C2CC(C(=O)O)CCN2CC=C(C)C)cc1. The topological polar surface area (TPSA) is 83.9 Å². The van der Waals surface area contributed by atoms with Gasteiger partial charge in [0.2, 0.25) is 0 Å². The molecular weight excluding hydrogens is 342 g/mol. The minimum atomic E-state index is -3.67. The first-order valence-electron chi connectivity index (χ1n) is 8.24. The normalized spacial score (nSPS) is 21.6. The van der Waals surface area contributed by atoms with Gasteiger partial charge in [-0.2, -0.15) is 0 Å². The van der Waals surface area contributed by atoms with E-state index in [0.29, 0.717) is 25.3 Å². The van der Waals surface area contributed by atoms with Gasteiger partial charge in [0.05, 0.1) is 17.9 Å². The Morgan fingerprint density at radius 3 is 2.48 bits per heavy atom. The van der Waals surface area contributed by atoms with Crippen molar-refractivity contribution in [3.05, 3.63) is 35.9 Å². The molecule has 1 saturated heterocycles. The third kappa shape index (κ3) is 4.61. The Bertz CT molecular complexity index is 735. The Labute approximate surface area is 149 Å². The van der Waals surface area contributed by atoms with Crippen LogP contribution in [-0.2, 0) is 14.6 Å². The molecule has 0 radical (unpaired) electrons. The fourth-order valence-corrected chi connectivity index (χ4v) is 4.85.